The topological polar surface area (TPSA) is 440 Å². The van der Waals surface area contributed by atoms with Crippen molar-refractivity contribution in [2.75, 3.05) is 157 Å². The molecule has 0 spiro atoms. The highest BCUT2D eigenvalue weighted by Crippen LogP contribution is 2.30. The standard InChI is InChI=1S/C104H142N20O12/c1-77(82-35-11-6-12-36-82)120(100(132)69-114(57-31-26-52-106)94(126)65-111-56-30-25-51-105)72-98(130)116(59-33-28-54-108)70-101(133)124(81(5)86-43-19-10-20-44-86)76-104(136)122(79(3)84-39-15-8-16-40-84)74-99(131)117(60-34-29-55-109)71-102(134)123(80(4)85-41-17-9-18-42-85)75-103(135)121(78(2)83-37-13-7-14-38-83)73-97(129)115(58-32-27-53-107)67-96(128)119(62-50-88-64-113-92-48-24-22-46-90(88)92)68-95(127)118(66-93(110)125)61-49-87-63-112-91-47-23-21-45-89(87)91/h6-24,35-48,63-64,77-81,111-113H,25-34,49-62,65-76,105-109H2,1-5H3,(H2,110,125)/t77-,78-,79-,80-,81-/m0/s1. The lowest BCUT2D eigenvalue weighted by molar-refractivity contribution is -0.151. The number of aromatic amines is 2. The van der Waals surface area contributed by atoms with Crippen molar-refractivity contribution in [1.82, 2.24) is 69.2 Å². The number of unbranched alkanes of at least 4 members (excludes halogenated alkanes) is 5. The maximum Gasteiger partial charge on any atom is 0.243 e. The smallest absolute Gasteiger partial charge is 0.243 e. The van der Waals surface area contributed by atoms with E-state index in [0.717, 1.165) is 45.8 Å². The second kappa shape index (κ2) is 56.4. The quantitative estimate of drug-likeness (QED) is 0.0162. The van der Waals surface area contributed by atoms with Crippen molar-refractivity contribution >= 4 is 92.7 Å². The van der Waals surface area contributed by atoms with E-state index in [0.29, 0.717) is 112 Å². The summed E-state index contributed by atoms with van der Waals surface area (Å²) in [7, 11) is 0. The van der Waals surface area contributed by atoms with Gasteiger partial charge in [-0.05, 0) is 202 Å². The van der Waals surface area contributed by atoms with Gasteiger partial charge in [0, 0.05) is 73.5 Å². The van der Waals surface area contributed by atoms with Crippen molar-refractivity contribution in [3.63, 3.8) is 0 Å². The minimum atomic E-state index is -0.856. The second-order valence-corrected chi connectivity index (χ2v) is 34.8. The fraction of sp³-hybridized carbons (Fsp3) is 0.442. The molecule has 0 saturated heterocycles. The molecule has 0 aliphatic carbocycles. The fourth-order valence-corrected chi connectivity index (χ4v) is 16.9. The SMILES string of the molecule is C[C@@H](c1ccccc1)N(CC(=O)N(CCCCN)CC(=O)N(CC(=O)N(CC(=O)N(CCCCN)CC(=O)N(CC(=O)N(CC(=O)N(CCCCN)CC(=O)N(CCc1c[nH]c2ccccc12)CC(=O)N(CCc1c[nH]c2ccccc12)CC(N)=O)[C@@H](C)c1ccccc1)[C@@H](C)c1ccccc1)[C@@H](C)c1ccccc1)[C@@H](C)c1ccccc1)C(=O)CN(CCCCN)C(=O)CNCCCCN. The van der Waals surface area contributed by atoms with Crippen molar-refractivity contribution in [2.45, 2.75) is 142 Å². The van der Waals surface area contributed by atoms with Gasteiger partial charge in [0.25, 0.3) is 0 Å². The third-order valence-electron chi connectivity index (χ3n) is 25.2. The summed E-state index contributed by atoms with van der Waals surface area (Å²) in [5.74, 6) is -7.22. The van der Waals surface area contributed by atoms with E-state index in [1.165, 1.54) is 53.9 Å². The number of nitrogens with two attached hydrogens (primary N) is 6. The summed E-state index contributed by atoms with van der Waals surface area (Å²) < 4.78 is 0. The number of nitrogens with zero attached hydrogens (tertiary/aromatic N) is 11. The highest BCUT2D eigenvalue weighted by atomic mass is 16.2. The number of rotatable bonds is 60. The molecule has 15 N–H and O–H groups in total. The van der Waals surface area contributed by atoms with Crippen LogP contribution in [-0.2, 0) is 70.4 Å². The largest absolute Gasteiger partial charge is 0.368 e. The van der Waals surface area contributed by atoms with Gasteiger partial charge >= 0.3 is 0 Å². The minimum absolute atomic E-state index is 0.0165. The van der Waals surface area contributed by atoms with Gasteiger partial charge in [0.1, 0.15) is 32.7 Å². The average Bonchev–Trinajstić information content (AvgIpc) is 1.34. The van der Waals surface area contributed by atoms with E-state index in [-0.39, 0.29) is 77.9 Å². The molecule has 0 bridgehead atoms. The molecule has 5 atom stereocenters. The van der Waals surface area contributed by atoms with Gasteiger partial charge < -0.3 is 104 Å². The van der Waals surface area contributed by atoms with Crippen LogP contribution in [0.1, 0.15) is 168 Å². The molecular weight excluding hydrogens is 1720 g/mol. The lowest BCUT2D eigenvalue weighted by Gasteiger charge is -2.37. The average molecular weight is 1860 g/mol. The zero-order chi connectivity index (χ0) is 97.8. The van der Waals surface area contributed by atoms with E-state index < -0.39 is 161 Å². The van der Waals surface area contributed by atoms with Crippen molar-refractivity contribution in [2.24, 2.45) is 34.4 Å². The third-order valence-corrected chi connectivity index (χ3v) is 25.2. The Morgan fingerprint density at radius 2 is 0.493 bits per heavy atom. The number of amides is 12. The summed E-state index contributed by atoms with van der Waals surface area (Å²) in [6, 6.07) is 56.7. The number of fused-ring (bicyclic) bond motifs is 2. The molecule has 12 amide bonds. The molecule has 7 aromatic carbocycles. The first kappa shape index (κ1) is 107. The highest BCUT2D eigenvalue weighted by molar-refractivity contribution is 5.96. The Labute approximate surface area is 800 Å². The predicted octanol–water partition coefficient (Wildman–Crippen LogP) is 8.12. The first-order chi connectivity index (χ1) is 65.8. The molecule has 136 heavy (non-hydrogen) atoms. The Hall–Kier alpha value is -13.0. The number of carbonyl (C=O) groups is 12. The van der Waals surface area contributed by atoms with Crippen molar-refractivity contribution in [3.8, 4) is 0 Å². The van der Waals surface area contributed by atoms with Crippen LogP contribution >= 0.6 is 0 Å². The molecule has 730 valence electrons. The summed E-state index contributed by atoms with van der Waals surface area (Å²) >= 11 is 0. The number of carbonyl (C=O) groups excluding carboxylic acids is 12. The number of aromatic nitrogens is 2. The van der Waals surface area contributed by atoms with Crippen LogP contribution in [0.2, 0.25) is 0 Å². The van der Waals surface area contributed by atoms with Crippen LogP contribution < -0.4 is 39.7 Å². The summed E-state index contributed by atoms with van der Waals surface area (Å²) in [5, 5.41) is 5.04. The molecular formula is C104H142N20O12. The Morgan fingerprint density at radius 3 is 0.779 bits per heavy atom. The molecule has 2 aromatic heterocycles. The van der Waals surface area contributed by atoms with Crippen LogP contribution in [0.4, 0.5) is 0 Å². The van der Waals surface area contributed by atoms with Gasteiger partial charge in [0.2, 0.25) is 70.9 Å². The summed E-state index contributed by atoms with van der Waals surface area (Å²) in [4.78, 5) is 205. The second-order valence-electron chi connectivity index (χ2n) is 34.8. The van der Waals surface area contributed by atoms with Crippen LogP contribution in [0.5, 0.6) is 0 Å². The number of benzene rings is 7. The molecule has 2 heterocycles. The summed E-state index contributed by atoms with van der Waals surface area (Å²) in [6.45, 7) is 5.44. The van der Waals surface area contributed by atoms with E-state index in [1.807, 2.05) is 164 Å². The molecule has 32 nitrogen and oxygen atoms in total. The molecule has 0 unspecified atom stereocenters. The van der Waals surface area contributed by atoms with E-state index >= 15 is 43.2 Å². The third kappa shape index (κ3) is 32.4. The number of H-pyrrole nitrogens is 2. The van der Waals surface area contributed by atoms with Crippen molar-refractivity contribution in [3.05, 3.63) is 252 Å². The maximum absolute atomic E-state index is 16.0. The van der Waals surface area contributed by atoms with Crippen LogP contribution in [0, 0.1) is 0 Å². The number of hydrogen-bond acceptors (Lipinski definition) is 18. The van der Waals surface area contributed by atoms with Gasteiger partial charge in [-0.1, -0.05) is 188 Å². The Kier molecular flexibility index (Phi) is 44.2. The molecule has 0 aliphatic rings. The lowest BCUT2D eigenvalue weighted by atomic mass is 10.0. The molecule has 0 fully saturated rings. The first-order valence-electron chi connectivity index (χ1n) is 47.8. The number of nitrogens with one attached hydrogen (secondary N) is 3. The van der Waals surface area contributed by atoms with Gasteiger partial charge in [-0.25, -0.2) is 0 Å². The molecule has 9 rings (SSSR count). The zero-order valence-electron chi connectivity index (χ0n) is 79.8. The van der Waals surface area contributed by atoms with E-state index in [9.17, 15) is 14.4 Å². The maximum atomic E-state index is 16.0. The zero-order valence-corrected chi connectivity index (χ0v) is 79.8. The van der Waals surface area contributed by atoms with Gasteiger partial charge in [-0.2, -0.15) is 0 Å². The van der Waals surface area contributed by atoms with Crippen LogP contribution in [0.3, 0.4) is 0 Å². The number of hydrogen-bond donors (Lipinski definition) is 9. The normalized spacial score (nSPS) is 12.3. The Balaban J connectivity index is 1.01. The van der Waals surface area contributed by atoms with Crippen molar-refractivity contribution in [1.29, 1.82) is 0 Å². The molecule has 32 heteroatoms. The lowest BCUT2D eigenvalue weighted by Crippen LogP contribution is -2.54. The molecule has 0 aliphatic heterocycles. The molecule has 0 radical (unpaired) electrons. The number of primary amides is 1. The van der Waals surface area contributed by atoms with Gasteiger partial charge in [0.05, 0.1) is 76.0 Å². The fourth-order valence-electron chi connectivity index (χ4n) is 16.9. The van der Waals surface area contributed by atoms with E-state index in [2.05, 4.69) is 15.3 Å². The highest BCUT2D eigenvalue weighted by Gasteiger charge is 2.38. The van der Waals surface area contributed by atoms with Gasteiger partial charge in [-0.3, -0.25) is 57.5 Å². The van der Waals surface area contributed by atoms with Gasteiger partial charge in [-0.15, -0.1) is 0 Å². The Bertz CT molecular complexity index is 5260. The summed E-state index contributed by atoms with van der Waals surface area (Å²) in [5.41, 5.74) is 42.6. The van der Waals surface area contributed by atoms with Gasteiger partial charge in [0.15, 0.2) is 0 Å². The summed E-state index contributed by atoms with van der Waals surface area (Å²) in [6.07, 6.45) is 9.39. The Morgan fingerprint density at radius 1 is 0.265 bits per heavy atom. The van der Waals surface area contributed by atoms with Crippen LogP contribution in [0.25, 0.3) is 21.8 Å². The monoisotopic (exact) mass is 1860 g/mol. The predicted molar refractivity (Wildman–Crippen MR) is 530 cm³/mol. The minimum Gasteiger partial charge on any atom is -0.368 e. The molecule has 0 saturated carbocycles. The number of para-hydroxylation sites is 2. The molecule has 9 aromatic rings. The van der Waals surface area contributed by atoms with E-state index in [4.69, 9.17) is 34.4 Å². The van der Waals surface area contributed by atoms with Crippen LogP contribution in [-0.4, -0.2) is 292 Å². The first-order valence-corrected chi connectivity index (χ1v) is 47.8. The van der Waals surface area contributed by atoms with E-state index in [1.54, 1.807) is 83.1 Å². The van der Waals surface area contributed by atoms with Crippen LogP contribution in [0.15, 0.2) is 213 Å². The van der Waals surface area contributed by atoms with Crippen molar-refractivity contribution < 1.29 is 57.5 Å².